The van der Waals surface area contributed by atoms with Gasteiger partial charge in [-0.05, 0) is 68.9 Å². The van der Waals surface area contributed by atoms with Crippen molar-refractivity contribution in [2.24, 2.45) is 17.3 Å². The van der Waals surface area contributed by atoms with Crippen LogP contribution in [0.5, 0.6) is 0 Å². The van der Waals surface area contributed by atoms with E-state index in [2.05, 4.69) is 9.88 Å². The minimum Gasteiger partial charge on any atom is -0.302 e. The number of para-hydroxylation sites is 2. The number of nitrogens with zero attached hydrogens (tertiary/aromatic N) is 4. The Morgan fingerprint density at radius 2 is 1.76 bits per heavy atom. The van der Waals surface area contributed by atoms with Gasteiger partial charge in [0, 0.05) is 36.6 Å². The summed E-state index contributed by atoms with van der Waals surface area (Å²) in [5.74, 6) is 1.34. The van der Waals surface area contributed by atoms with Crippen LogP contribution in [-0.2, 0) is 4.84 Å². The largest absolute Gasteiger partial charge is 0.302 e. The van der Waals surface area contributed by atoms with E-state index < -0.39 is 5.91 Å². The van der Waals surface area contributed by atoms with E-state index in [-0.39, 0.29) is 17.3 Å². The number of hydrogen-bond acceptors (Lipinski definition) is 5. The van der Waals surface area contributed by atoms with Crippen molar-refractivity contribution in [3.8, 4) is 0 Å². The molecule has 5 aliphatic rings. The Labute approximate surface area is 219 Å². The summed E-state index contributed by atoms with van der Waals surface area (Å²) in [5.41, 5.74) is 1.56. The number of rotatable bonds is 4. The van der Waals surface area contributed by atoms with Gasteiger partial charge in [-0.1, -0.05) is 44.2 Å². The quantitative estimate of drug-likeness (QED) is 0.552. The van der Waals surface area contributed by atoms with Crippen LogP contribution >= 0.6 is 0 Å². The molecule has 1 saturated heterocycles. The molecule has 2 aromatic rings. The van der Waals surface area contributed by atoms with Gasteiger partial charge in [0.15, 0.2) is 5.69 Å². The van der Waals surface area contributed by atoms with Crippen LogP contribution in [0.25, 0.3) is 11.0 Å². The molecule has 0 N–H and O–H groups in total. The van der Waals surface area contributed by atoms with Crippen LogP contribution in [0.4, 0.5) is 0 Å². The highest BCUT2D eigenvalue weighted by molar-refractivity contribution is 5.93. The van der Waals surface area contributed by atoms with Crippen LogP contribution in [-0.4, -0.2) is 57.7 Å². The van der Waals surface area contributed by atoms with E-state index in [1.165, 1.54) is 78.4 Å². The van der Waals surface area contributed by atoms with Crippen LogP contribution in [0.2, 0.25) is 0 Å². The number of amides is 1. The van der Waals surface area contributed by atoms with Gasteiger partial charge in [0.1, 0.15) is 0 Å². The Bertz CT molecular complexity index is 1260. The summed E-state index contributed by atoms with van der Waals surface area (Å²) in [6.07, 6.45) is 15.8. The predicted molar refractivity (Wildman–Crippen MR) is 142 cm³/mol. The fourth-order valence-corrected chi connectivity index (χ4v) is 9.56. The second kappa shape index (κ2) is 8.91. The lowest BCUT2D eigenvalue weighted by molar-refractivity contribution is -0.140. The number of hydroxylamine groups is 2. The van der Waals surface area contributed by atoms with E-state index in [0.717, 1.165) is 41.3 Å². The zero-order valence-corrected chi connectivity index (χ0v) is 22.3. The highest BCUT2D eigenvalue weighted by atomic mass is 16.7. The third-order valence-electron chi connectivity index (χ3n) is 11.0. The van der Waals surface area contributed by atoms with Crippen LogP contribution < -0.4 is 5.56 Å². The maximum atomic E-state index is 13.9. The second-order valence-corrected chi connectivity index (χ2v) is 12.7. The normalized spacial score (nSPS) is 37.0. The van der Waals surface area contributed by atoms with Crippen LogP contribution in [0, 0.1) is 17.3 Å². The fourth-order valence-electron chi connectivity index (χ4n) is 9.56. The average Bonchev–Trinajstić information content (AvgIpc) is 3.35. The second-order valence-electron chi connectivity index (χ2n) is 12.7. The summed E-state index contributed by atoms with van der Waals surface area (Å²) < 4.78 is 1.93. The summed E-state index contributed by atoms with van der Waals surface area (Å²) in [6, 6.07) is 9.86. The van der Waals surface area contributed by atoms with Gasteiger partial charge in [-0.25, -0.2) is 10.0 Å². The molecule has 1 amide bonds. The van der Waals surface area contributed by atoms with E-state index in [1.54, 1.807) is 0 Å². The highest BCUT2D eigenvalue weighted by Gasteiger charge is 2.67. The molecule has 37 heavy (non-hydrogen) atoms. The molecule has 198 valence electrons. The number of carbonyl (C=O) groups excluding carboxylic acids is 1. The number of benzene rings is 1. The predicted octanol–water partition coefficient (Wildman–Crippen LogP) is 4.95. The molecule has 4 aliphatic carbocycles. The molecule has 1 aromatic carbocycles. The zero-order chi connectivity index (χ0) is 25.3. The monoisotopic (exact) mass is 504 g/mol. The van der Waals surface area contributed by atoms with Crippen molar-refractivity contribution >= 4 is 16.9 Å². The molecule has 6 unspecified atom stereocenters. The van der Waals surface area contributed by atoms with Gasteiger partial charge in [0.25, 0.3) is 5.56 Å². The van der Waals surface area contributed by atoms with E-state index in [1.807, 2.05) is 28.8 Å². The number of hydrogen-bond donors (Lipinski definition) is 0. The first kappa shape index (κ1) is 23.8. The molecule has 5 fully saturated rings. The first-order valence-electron chi connectivity index (χ1n) is 14.6. The van der Waals surface area contributed by atoms with Gasteiger partial charge < -0.3 is 4.57 Å². The highest BCUT2D eigenvalue weighted by Crippen LogP contribution is 2.66. The number of likely N-dealkylation sites (tertiary alicyclic amines) is 1. The third kappa shape index (κ3) is 3.56. The van der Waals surface area contributed by atoms with Crippen molar-refractivity contribution in [2.45, 2.75) is 101 Å². The maximum absolute atomic E-state index is 13.9. The summed E-state index contributed by atoms with van der Waals surface area (Å²) in [7, 11) is 2.96. The standard InChI is InChI=1S/C30H40N4O3/c1-32(37-2)28(35)27-29(36)33(24-11-6-5-10-23(24)31-27)22-17-26-30(18-22)13-7-12-25(30)34(26)21-15-19-8-3-4-9-20(14-19)16-21/h5-6,10-11,19-22,25-26H,3-4,7-9,12-18H2,1-2H3. The van der Waals surface area contributed by atoms with Gasteiger partial charge in [0.05, 0.1) is 18.1 Å². The molecule has 0 radical (unpaired) electrons. The van der Waals surface area contributed by atoms with E-state index in [0.29, 0.717) is 23.0 Å². The summed E-state index contributed by atoms with van der Waals surface area (Å²) in [5, 5.41) is 1.09. The lowest BCUT2D eigenvalue weighted by atomic mass is 9.65. The average molecular weight is 505 g/mol. The lowest BCUT2D eigenvalue weighted by Gasteiger charge is -2.62. The summed E-state index contributed by atoms with van der Waals surface area (Å²) in [4.78, 5) is 39.5. The molecule has 2 bridgehead atoms. The van der Waals surface area contributed by atoms with Crippen molar-refractivity contribution in [1.82, 2.24) is 19.5 Å². The van der Waals surface area contributed by atoms with Gasteiger partial charge in [-0.2, -0.15) is 0 Å². The summed E-state index contributed by atoms with van der Waals surface area (Å²) in [6.45, 7) is 0. The number of aromatic nitrogens is 2. The van der Waals surface area contributed by atoms with Crippen molar-refractivity contribution < 1.29 is 9.63 Å². The van der Waals surface area contributed by atoms with Crippen molar-refractivity contribution in [3.63, 3.8) is 0 Å². The van der Waals surface area contributed by atoms with E-state index in [4.69, 9.17) is 4.84 Å². The summed E-state index contributed by atoms with van der Waals surface area (Å²) >= 11 is 0. The molecule has 1 aromatic heterocycles. The molecule has 6 atom stereocenters. The first-order valence-corrected chi connectivity index (χ1v) is 14.6. The topological polar surface area (TPSA) is 67.7 Å². The molecule has 4 saturated carbocycles. The Morgan fingerprint density at radius 3 is 2.51 bits per heavy atom. The molecular weight excluding hydrogens is 464 g/mol. The van der Waals surface area contributed by atoms with E-state index in [9.17, 15) is 9.59 Å². The SMILES string of the molecule is CON(C)C(=O)c1nc2ccccc2n(C2CC3N(C4CC5CCCCC(C5)C4)C4CCCC43C2)c1=O. The Hall–Kier alpha value is -2.25. The molecule has 2 heterocycles. The lowest BCUT2D eigenvalue weighted by Crippen LogP contribution is -2.70. The molecular formula is C30H40N4O3. The first-order chi connectivity index (χ1) is 18.0. The smallest absolute Gasteiger partial charge is 0.301 e. The minimum atomic E-state index is -0.490. The maximum Gasteiger partial charge on any atom is 0.301 e. The van der Waals surface area contributed by atoms with Crippen LogP contribution in [0.15, 0.2) is 29.1 Å². The molecule has 1 spiro atoms. The minimum absolute atomic E-state index is 0.0454. The van der Waals surface area contributed by atoms with E-state index >= 15 is 0 Å². The van der Waals surface area contributed by atoms with Gasteiger partial charge in [0.2, 0.25) is 0 Å². The van der Waals surface area contributed by atoms with Crippen LogP contribution in [0.1, 0.15) is 93.6 Å². The van der Waals surface area contributed by atoms with Gasteiger partial charge in [-0.15, -0.1) is 0 Å². The van der Waals surface area contributed by atoms with Crippen LogP contribution in [0.3, 0.4) is 0 Å². The molecule has 7 nitrogen and oxygen atoms in total. The van der Waals surface area contributed by atoms with Crippen molar-refractivity contribution in [3.05, 3.63) is 40.3 Å². The molecule has 7 rings (SSSR count). The number of carbonyl (C=O) groups is 1. The third-order valence-corrected chi connectivity index (χ3v) is 11.0. The van der Waals surface area contributed by atoms with Gasteiger partial charge in [-0.3, -0.25) is 19.3 Å². The van der Waals surface area contributed by atoms with Gasteiger partial charge >= 0.3 is 5.91 Å². The fraction of sp³-hybridized carbons (Fsp3) is 0.700. The molecule has 1 aliphatic heterocycles. The zero-order valence-electron chi connectivity index (χ0n) is 22.3. The van der Waals surface area contributed by atoms with Crippen molar-refractivity contribution in [2.75, 3.05) is 14.2 Å². The Morgan fingerprint density at radius 1 is 1.00 bits per heavy atom. The Balaban J connectivity index is 1.25. The van der Waals surface area contributed by atoms with Crippen molar-refractivity contribution in [1.29, 1.82) is 0 Å². The molecule has 7 heteroatoms. The Kier molecular flexibility index (Phi) is 5.74. The number of fused-ring (bicyclic) bond motifs is 3.